The summed E-state index contributed by atoms with van der Waals surface area (Å²) in [5.74, 6) is -1.47. The maximum absolute atomic E-state index is 13.3. The molecule has 0 fully saturated rings. The summed E-state index contributed by atoms with van der Waals surface area (Å²) in [6.07, 6.45) is 0. The Kier molecular flexibility index (Phi) is 4.89. The summed E-state index contributed by atoms with van der Waals surface area (Å²) in [6, 6.07) is 10.1. The topological polar surface area (TPSA) is 38.3 Å². The van der Waals surface area contributed by atoms with Crippen LogP contribution >= 0.6 is 22.6 Å². The van der Waals surface area contributed by atoms with Gasteiger partial charge in [-0.25, -0.2) is 8.78 Å². The van der Waals surface area contributed by atoms with E-state index >= 15 is 0 Å². The third-order valence-corrected chi connectivity index (χ3v) is 3.29. The van der Waals surface area contributed by atoms with Crippen molar-refractivity contribution < 1.29 is 18.3 Å². The van der Waals surface area contributed by atoms with Crippen molar-refractivity contribution in [1.82, 2.24) is 0 Å². The summed E-state index contributed by atoms with van der Waals surface area (Å²) >= 11 is 2.08. The van der Waals surface area contributed by atoms with Crippen LogP contribution in [0.3, 0.4) is 0 Å². The van der Waals surface area contributed by atoms with Crippen molar-refractivity contribution in [2.75, 3.05) is 11.9 Å². The Morgan fingerprint density at radius 1 is 1.20 bits per heavy atom. The monoisotopic (exact) mass is 389 g/mol. The molecular weight excluding hydrogens is 379 g/mol. The average molecular weight is 389 g/mol. The van der Waals surface area contributed by atoms with Crippen LogP contribution in [-0.2, 0) is 4.79 Å². The molecule has 1 N–H and O–H groups in total. The second kappa shape index (κ2) is 6.65. The highest BCUT2D eigenvalue weighted by Crippen LogP contribution is 2.20. The zero-order valence-electron chi connectivity index (χ0n) is 10.2. The molecule has 2 rings (SSSR count). The number of nitrogens with one attached hydrogen (secondary N) is 1. The molecule has 104 valence electrons. The van der Waals surface area contributed by atoms with Crippen molar-refractivity contribution in [2.45, 2.75) is 0 Å². The highest BCUT2D eigenvalue weighted by Gasteiger charge is 2.09. The second-order valence-corrected chi connectivity index (χ2v) is 5.05. The van der Waals surface area contributed by atoms with Crippen LogP contribution in [-0.4, -0.2) is 12.5 Å². The Morgan fingerprint density at radius 2 is 1.95 bits per heavy atom. The summed E-state index contributed by atoms with van der Waals surface area (Å²) in [6.45, 7) is -0.253. The molecule has 6 heteroatoms. The van der Waals surface area contributed by atoms with Crippen molar-refractivity contribution in [3.8, 4) is 5.75 Å². The first kappa shape index (κ1) is 14.7. The van der Waals surface area contributed by atoms with Gasteiger partial charge in [0.05, 0.1) is 9.26 Å². The van der Waals surface area contributed by atoms with Crippen molar-refractivity contribution in [2.24, 2.45) is 0 Å². The summed E-state index contributed by atoms with van der Waals surface area (Å²) in [5, 5.41) is 2.32. The molecule has 2 aromatic carbocycles. The molecule has 0 saturated heterocycles. The van der Waals surface area contributed by atoms with Crippen LogP contribution in [0.15, 0.2) is 42.5 Å². The Bertz CT molecular complexity index is 634. The van der Waals surface area contributed by atoms with E-state index in [-0.39, 0.29) is 12.3 Å². The van der Waals surface area contributed by atoms with Gasteiger partial charge in [0.1, 0.15) is 17.4 Å². The minimum absolute atomic E-state index is 0.0808. The van der Waals surface area contributed by atoms with Crippen LogP contribution in [0.2, 0.25) is 0 Å². The zero-order chi connectivity index (χ0) is 14.5. The number of benzene rings is 2. The zero-order valence-corrected chi connectivity index (χ0v) is 12.4. The first-order valence-corrected chi connectivity index (χ1v) is 6.76. The highest BCUT2D eigenvalue weighted by molar-refractivity contribution is 14.1. The SMILES string of the molecule is O=C(COc1ccccc1I)Nc1ccc(F)cc1F. The molecule has 2 aromatic rings. The molecule has 0 radical (unpaired) electrons. The van der Waals surface area contributed by atoms with Gasteiger partial charge in [0.2, 0.25) is 0 Å². The van der Waals surface area contributed by atoms with E-state index in [4.69, 9.17) is 4.74 Å². The van der Waals surface area contributed by atoms with E-state index in [1.165, 1.54) is 0 Å². The molecule has 0 aliphatic heterocycles. The maximum Gasteiger partial charge on any atom is 0.262 e. The van der Waals surface area contributed by atoms with Gasteiger partial charge in [0, 0.05) is 6.07 Å². The largest absolute Gasteiger partial charge is 0.483 e. The molecule has 0 bridgehead atoms. The van der Waals surface area contributed by atoms with E-state index in [0.717, 1.165) is 15.7 Å². The van der Waals surface area contributed by atoms with Gasteiger partial charge in [-0.3, -0.25) is 4.79 Å². The van der Waals surface area contributed by atoms with Gasteiger partial charge in [-0.2, -0.15) is 0 Å². The predicted molar refractivity (Wildman–Crippen MR) is 79.6 cm³/mol. The Hall–Kier alpha value is -1.70. The lowest BCUT2D eigenvalue weighted by Crippen LogP contribution is -2.21. The lowest BCUT2D eigenvalue weighted by molar-refractivity contribution is -0.118. The van der Waals surface area contributed by atoms with E-state index in [1.807, 2.05) is 12.1 Å². The first-order chi connectivity index (χ1) is 9.56. The van der Waals surface area contributed by atoms with E-state index < -0.39 is 17.5 Å². The smallest absolute Gasteiger partial charge is 0.262 e. The molecule has 1 amide bonds. The van der Waals surface area contributed by atoms with E-state index in [0.29, 0.717) is 11.8 Å². The van der Waals surface area contributed by atoms with Crippen molar-refractivity contribution in [3.05, 3.63) is 57.7 Å². The number of carbonyl (C=O) groups excluding carboxylic acids is 1. The number of hydrogen-bond donors (Lipinski definition) is 1. The van der Waals surface area contributed by atoms with Crippen molar-refractivity contribution in [3.63, 3.8) is 0 Å². The Morgan fingerprint density at radius 3 is 2.65 bits per heavy atom. The minimum atomic E-state index is -0.826. The molecule has 20 heavy (non-hydrogen) atoms. The first-order valence-electron chi connectivity index (χ1n) is 5.68. The average Bonchev–Trinajstić information content (AvgIpc) is 2.41. The summed E-state index contributed by atoms with van der Waals surface area (Å²) in [7, 11) is 0. The number of anilines is 1. The molecule has 0 unspecified atom stereocenters. The molecule has 0 aliphatic carbocycles. The molecule has 0 atom stereocenters. The predicted octanol–water partition coefficient (Wildman–Crippen LogP) is 3.59. The molecule has 0 aliphatic rings. The number of amides is 1. The quantitative estimate of drug-likeness (QED) is 0.812. The van der Waals surface area contributed by atoms with Crippen molar-refractivity contribution >= 4 is 34.2 Å². The third-order valence-electron chi connectivity index (χ3n) is 2.40. The van der Waals surface area contributed by atoms with Crippen LogP contribution < -0.4 is 10.1 Å². The van der Waals surface area contributed by atoms with Crippen molar-refractivity contribution in [1.29, 1.82) is 0 Å². The van der Waals surface area contributed by atoms with Gasteiger partial charge < -0.3 is 10.1 Å². The van der Waals surface area contributed by atoms with E-state index in [2.05, 4.69) is 27.9 Å². The molecular formula is C14H10F2INO2. The van der Waals surface area contributed by atoms with Crippen LogP contribution in [0.5, 0.6) is 5.75 Å². The van der Waals surface area contributed by atoms with Gasteiger partial charge in [-0.15, -0.1) is 0 Å². The van der Waals surface area contributed by atoms with Crippen LogP contribution in [0.25, 0.3) is 0 Å². The van der Waals surface area contributed by atoms with Crippen LogP contribution in [0.1, 0.15) is 0 Å². The van der Waals surface area contributed by atoms with Gasteiger partial charge in [-0.05, 0) is 46.9 Å². The normalized spacial score (nSPS) is 10.2. The van der Waals surface area contributed by atoms with Gasteiger partial charge in [-0.1, -0.05) is 12.1 Å². The van der Waals surface area contributed by atoms with Crippen LogP contribution in [0, 0.1) is 15.2 Å². The second-order valence-electron chi connectivity index (χ2n) is 3.89. The summed E-state index contributed by atoms with van der Waals surface area (Å²) in [4.78, 5) is 11.6. The number of hydrogen-bond acceptors (Lipinski definition) is 2. The Balaban J connectivity index is 1.94. The summed E-state index contributed by atoms with van der Waals surface area (Å²) in [5.41, 5.74) is -0.0808. The van der Waals surface area contributed by atoms with Gasteiger partial charge in [0.25, 0.3) is 5.91 Å². The van der Waals surface area contributed by atoms with Gasteiger partial charge >= 0.3 is 0 Å². The highest BCUT2D eigenvalue weighted by atomic mass is 127. The fourth-order valence-electron chi connectivity index (χ4n) is 1.48. The number of carbonyl (C=O) groups is 1. The lowest BCUT2D eigenvalue weighted by atomic mass is 10.3. The minimum Gasteiger partial charge on any atom is -0.483 e. The number of halogens is 3. The van der Waals surface area contributed by atoms with Gasteiger partial charge in [0.15, 0.2) is 6.61 Å². The molecule has 3 nitrogen and oxygen atoms in total. The Labute approximate surface area is 128 Å². The van der Waals surface area contributed by atoms with E-state index in [9.17, 15) is 13.6 Å². The summed E-state index contributed by atoms with van der Waals surface area (Å²) < 4.78 is 32.2. The molecule has 0 saturated carbocycles. The van der Waals surface area contributed by atoms with Crippen LogP contribution in [0.4, 0.5) is 14.5 Å². The number of ether oxygens (including phenoxy) is 1. The lowest BCUT2D eigenvalue weighted by Gasteiger charge is -2.09. The standard InChI is InChI=1S/C14H10F2INO2/c15-9-5-6-12(10(16)7-9)18-14(19)8-20-13-4-2-1-3-11(13)17/h1-7H,8H2,(H,18,19). The fourth-order valence-corrected chi connectivity index (χ4v) is 2.03. The number of para-hydroxylation sites is 1. The fraction of sp³-hybridized carbons (Fsp3) is 0.0714. The number of rotatable bonds is 4. The maximum atomic E-state index is 13.3. The molecule has 0 spiro atoms. The molecule has 0 aromatic heterocycles. The third kappa shape index (κ3) is 3.89. The molecule has 0 heterocycles. The van der Waals surface area contributed by atoms with E-state index in [1.54, 1.807) is 12.1 Å².